The Balaban J connectivity index is 1.70. The first-order valence-corrected chi connectivity index (χ1v) is 8.46. The molecule has 0 bridgehead atoms. The summed E-state index contributed by atoms with van der Waals surface area (Å²) in [6.07, 6.45) is 1.66. The van der Waals surface area contributed by atoms with Crippen LogP contribution >= 0.6 is 15.9 Å². The Morgan fingerprint density at radius 1 is 1.04 bits per heavy atom. The fourth-order valence-corrected chi connectivity index (χ4v) is 2.37. The van der Waals surface area contributed by atoms with Crippen LogP contribution in [0.15, 0.2) is 65.3 Å². The molecule has 8 heteroatoms. The number of nitrogens with zero attached hydrogens (tertiary/aromatic N) is 2. The van der Waals surface area contributed by atoms with Gasteiger partial charge in [-0.15, -0.1) is 0 Å². The predicted molar refractivity (Wildman–Crippen MR) is 102 cm³/mol. The van der Waals surface area contributed by atoms with Gasteiger partial charge in [0.2, 0.25) is 5.95 Å². The number of hydrogen-bond donors (Lipinski definition) is 3. The van der Waals surface area contributed by atoms with Gasteiger partial charge in [0.05, 0.1) is 4.47 Å². The minimum Gasteiger partial charge on any atom is -0.482 e. The van der Waals surface area contributed by atoms with Crippen molar-refractivity contribution in [3.05, 3.63) is 65.3 Å². The summed E-state index contributed by atoms with van der Waals surface area (Å²) in [7, 11) is 0. The number of rotatable bonds is 7. The second-order valence-corrected chi connectivity index (χ2v) is 6.07. The van der Waals surface area contributed by atoms with E-state index in [2.05, 4.69) is 36.5 Å². The Morgan fingerprint density at radius 3 is 2.42 bits per heavy atom. The molecule has 1 heterocycles. The number of carbonyl (C=O) groups is 1. The molecule has 1 aromatic heterocycles. The Bertz CT molecular complexity index is 889. The van der Waals surface area contributed by atoms with Gasteiger partial charge in [-0.2, -0.15) is 4.98 Å². The molecule has 0 amide bonds. The second kappa shape index (κ2) is 8.30. The highest BCUT2D eigenvalue weighted by Crippen LogP contribution is 2.25. The van der Waals surface area contributed by atoms with Crippen molar-refractivity contribution in [1.82, 2.24) is 9.97 Å². The van der Waals surface area contributed by atoms with Crippen LogP contribution < -0.4 is 15.4 Å². The standard InChI is InChI=1S/C18H15BrN4O3/c19-15-10-20-18(23-17(15)21-12-4-2-1-3-5-12)22-13-6-8-14(9-7-13)26-11-16(24)25/h1-10H,11H2,(H,24,25)(H2,20,21,22,23). The number of benzene rings is 2. The van der Waals surface area contributed by atoms with E-state index in [0.717, 1.165) is 15.8 Å². The number of aliphatic carboxylic acids is 1. The first kappa shape index (κ1) is 17.7. The summed E-state index contributed by atoms with van der Waals surface area (Å²) in [6, 6.07) is 16.6. The van der Waals surface area contributed by atoms with E-state index in [0.29, 0.717) is 17.5 Å². The molecule has 0 unspecified atom stereocenters. The van der Waals surface area contributed by atoms with Crippen LogP contribution in [0.2, 0.25) is 0 Å². The Morgan fingerprint density at radius 2 is 1.73 bits per heavy atom. The average Bonchev–Trinajstić information content (AvgIpc) is 2.65. The molecular weight excluding hydrogens is 400 g/mol. The Labute approximate surface area is 158 Å². The molecule has 0 saturated carbocycles. The molecule has 0 spiro atoms. The van der Waals surface area contributed by atoms with Gasteiger partial charge in [-0.25, -0.2) is 9.78 Å². The zero-order valence-corrected chi connectivity index (χ0v) is 15.1. The SMILES string of the molecule is O=C(O)COc1ccc(Nc2ncc(Br)c(Nc3ccccc3)n2)cc1. The molecule has 26 heavy (non-hydrogen) atoms. The topological polar surface area (TPSA) is 96.4 Å². The van der Waals surface area contributed by atoms with E-state index in [1.807, 2.05) is 30.3 Å². The third-order valence-corrected chi connectivity index (χ3v) is 3.83. The number of aromatic nitrogens is 2. The van der Waals surface area contributed by atoms with Crippen molar-refractivity contribution in [2.75, 3.05) is 17.2 Å². The molecule has 2 aromatic carbocycles. The smallest absolute Gasteiger partial charge is 0.341 e. The van der Waals surface area contributed by atoms with Gasteiger partial charge in [-0.3, -0.25) is 0 Å². The number of nitrogens with one attached hydrogen (secondary N) is 2. The zero-order chi connectivity index (χ0) is 18.4. The van der Waals surface area contributed by atoms with Crippen molar-refractivity contribution in [2.45, 2.75) is 0 Å². The molecule has 0 atom stereocenters. The van der Waals surface area contributed by atoms with Gasteiger partial charge in [-0.1, -0.05) is 18.2 Å². The lowest BCUT2D eigenvalue weighted by Crippen LogP contribution is -2.09. The lowest BCUT2D eigenvalue weighted by atomic mass is 10.3. The van der Waals surface area contributed by atoms with E-state index in [1.54, 1.807) is 30.5 Å². The maximum Gasteiger partial charge on any atom is 0.341 e. The molecule has 0 radical (unpaired) electrons. The van der Waals surface area contributed by atoms with Crippen LogP contribution in [0.5, 0.6) is 5.75 Å². The van der Waals surface area contributed by atoms with E-state index in [-0.39, 0.29) is 6.61 Å². The molecule has 132 valence electrons. The molecule has 0 aliphatic rings. The van der Waals surface area contributed by atoms with Crippen LogP contribution in [-0.4, -0.2) is 27.7 Å². The van der Waals surface area contributed by atoms with E-state index < -0.39 is 5.97 Å². The molecule has 0 aliphatic carbocycles. The highest BCUT2D eigenvalue weighted by molar-refractivity contribution is 9.10. The largest absolute Gasteiger partial charge is 0.482 e. The quantitative estimate of drug-likeness (QED) is 0.533. The minimum absolute atomic E-state index is 0.378. The lowest BCUT2D eigenvalue weighted by Gasteiger charge is -2.10. The third-order valence-electron chi connectivity index (χ3n) is 3.25. The number of anilines is 4. The molecule has 3 aromatic rings. The molecule has 3 N–H and O–H groups in total. The second-order valence-electron chi connectivity index (χ2n) is 5.21. The van der Waals surface area contributed by atoms with Crippen LogP contribution in [0.4, 0.5) is 23.1 Å². The van der Waals surface area contributed by atoms with E-state index in [1.165, 1.54) is 0 Å². The van der Waals surface area contributed by atoms with Gasteiger partial charge in [-0.05, 0) is 52.3 Å². The van der Waals surface area contributed by atoms with Crippen LogP contribution in [0, 0.1) is 0 Å². The van der Waals surface area contributed by atoms with Crippen molar-refractivity contribution in [3.8, 4) is 5.75 Å². The molecule has 0 fully saturated rings. The van der Waals surface area contributed by atoms with E-state index in [9.17, 15) is 4.79 Å². The lowest BCUT2D eigenvalue weighted by molar-refractivity contribution is -0.139. The Hall–Kier alpha value is -3.13. The van der Waals surface area contributed by atoms with Gasteiger partial charge in [0, 0.05) is 17.6 Å². The summed E-state index contributed by atoms with van der Waals surface area (Å²) in [6.45, 7) is -0.378. The fourth-order valence-electron chi connectivity index (χ4n) is 2.08. The first-order chi connectivity index (χ1) is 12.6. The fraction of sp³-hybridized carbons (Fsp3) is 0.0556. The number of ether oxygens (including phenoxy) is 1. The van der Waals surface area contributed by atoms with Crippen LogP contribution in [0.3, 0.4) is 0 Å². The van der Waals surface area contributed by atoms with E-state index >= 15 is 0 Å². The Kier molecular flexibility index (Phi) is 5.65. The zero-order valence-electron chi connectivity index (χ0n) is 13.5. The molecule has 0 saturated heterocycles. The third kappa shape index (κ3) is 4.93. The summed E-state index contributed by atoms with van der Waals surface area (Å²) in [5.41, 5.74) is 1.67. The molecule has 3 rings (SSSR count). The van der Waals surface area contributed by atoms with Crippen LogP contribution in [0.25, 0.3) is 0 Å². The average molecular weight is 415 g/mol. The number of halogens is 1. The number of carboxylic acid groups (broad SMARTS) is 1. The molecule has 0 aliphatic heterocycles. The van der Waals surface area contributed by atoms with Crippen molar-refractivity contribution >= 4 is 45.0 Å². The van der Waals surface area contributed by atoms with Gasteiger partial charge < -0.3 is 20.5 Å². The van der Waals surface area contributed by atoms with Gasteiger partial charge in [0.1, 0.15) is 11.6 Å². The summed E-state index contributed by atoms with van der Waals surface area (Å²) in [5.74, 6) is 0.510. The first-order valence-electron chi connectivity index (χ1n) is 7.66. The van der Waals surface area contributed by atoms with Crippen molar-refractivity contribution < 1.29 is 14.6 Å². The summed E-state index contributed by atoms with van der Waals surface area (Å²) < 4.78 is 5.84. The summed E-state index contributed by atoms with van der Waals surface area (Å²) in [4.78, 5) is 19.2. The maximum absolute atomic E-state index is 10.5. The van der Waals surface area contributed by atoms with Crippen molar-refractivity contribution in [2.24, 2.45) is 0 Å². The highest BCUT2D eigenvalue weighted by Gasteiger charge is 2.06. The van der Waals surface area contributed by atoms with Crippen molar-refractivity contribution in [3.63, 3.8) is 0 Å². The summed E-state index contributed by atoms with van der Waals surface area (Å²) in [5, 5.41) is 14.9. The molecule has 7 nitrogen and oxygen atoms in total. The number of para-hydroxylation sites is 1. The normalized spacial score (nSPS) is 10.2. The van der Waals surface area contributed by atoms with Gasteiger partial charge in [0.15, 0.2) is 6.61 Å². The number of hydrogen-bond acceptors (Lipinski definition) is 6. The van der Waals surface area contributed by atoms with Crippen LogP contribution in [-0.2, 0) is 4.79 Å². The molecular formula is C18H15BrN4O3. The highest BCUT2D eigenvalue weighted by atomic mass is 79.9. The van der Waals surface area contributed by atoms with E-state index in [4.69, 9.17) is 9.84 Å². The minimum atomic E-state index is -1.02. The van der Waals surface area contributed by atoms with Crippen molar-refractivity contribution in [1.29, 1.82) is 0 Å². The van der Waals surface area contributed by atoms with Gasteiger partial charge in [0.25, 0.3) is 0 Å². The number of carboxylic acids is 1. The van der Waals surface area contributed by atoms with Gasteiger partial charge >= 0.3 is 5.97 Å². The maximum atomic E-state index is 10.5. The monoisotopic (exact) mass is 414 g/mol. The summed E-state index contributed by atoms with van der Waals surface area (Å²) >= 11 is 3.43. The predicted octanol–water partition coefficient (Wildman–Crippen LogP) is 4.19. The van der Waals surface area contributed by atoms with Crippen LogP contribution in [0.1, 0.15) is 0 Å².